The third-order valence-corrected chi connectivity index (χ3v) is 5.01. The van der Waals surface area contributed by atoms with Gasteiger partial charge >= 0.3 is 10.1 Å². The van der Waals surface area contributed by atoms with Gasteiger partial charge in [-0.05, 0) is 58.4 Å². The van der Waals surface area contributed by atoms with Crippen LogP contribution in [-0.4, -0.2) is 48.7 Å². The van der Waals surface area contributed by atoms with Crippen molar-refractivity contribution >= 4 is 66.3 Å². The van der Waals surface area contributed by atoms with E-state index in [4.69, 9.17) is 14.3 Å². The van der Waals surface area contributed by atoms with E-state index >= 15 is 0 Å². The van der Waals surface area contributed by atoms with Crippen molar-refractivity contribution in [3.8, 4) is 11.5 Å². The summed E-state index contributed by atoms with van der Waals surface area (Å²) in [6.45, 7) is 2.01. The molecule has 0 spiro atoms. The molecule has 27 heavy (non-hydrogen) atoms. The molecule has 1 N–H and O–H groups in total. The lowest BCUT2D eigenvalue weighted by atomic mass is 10.1. The number of thioether (sulfide) groups is 1. The van der Waals surface area contributed by atoms with Gasteiger partial charge in [-0.1, -0.05) is 0 Å². The fourth-order valence-corrected chi connectivity index (χ4v) is 4.00. The molecule has 2 aliphatic heterocycles. The minimum atomic E-state index is -3.76. The zero-order valence-corrected chi connectivity index (χ0v) is 17.3. The van der Waals surface area contributed by atoms with Gasteiger partial charge in [0.15, 0.2) is 22.5 Å². The van der Waals surface area contributed by atoms with Crippen LogP contribution in [0.1, 0.15) is 12.5 Å². The molecule has 142 valence electrons. The maximum atomic E-state index is 12.3. The predicted octanol–water partition coefficient (Wildman–Crippen LogP) is 2.44. The molecule has 1 amide bonds. The third-order valence-electron chi connectivity index (χ3n) is 3.27. The number of carbonyl (C=O) groups is 1. The number of hydrogen-bond acceptors (Lipinski definition) is 8. The molecular formula is C15H13BrN4O5S2. The van der Waals surface area contributed by atoms with Crippen LogP contribution in [0, 0.1) is 5.41 Å². The Labute approximate surface area is 167 Å². The van der Waals surface area contributed by atoms with Gasteiger partial charge in [0.25, 0.3) is 5.91 Å². The Morgan fingerprint density at radius 2 is 2.15 bits per heavy atom. The standard InChI is InChI=1S/C15H13BrN4O5S2/c1-3-24-11-6-8(5-10(16)12(11)25-27(2,22)23)4-9-13(17)20-15(19-14(9)21)26-7-18-20/h4-7,17H,3H2,1-2H3/b9-4-,17-13?. The monoisotopic (exact) mass is 472 g/mol. The Kier molecular flexibility index (Phi) is 5.40. The first-order valence-corrected chi connectivity index (χ1v) is 11.0. The van der Waals surface area contributed by atoms with Crippen molar-refractivity contribution in [2.45, 2.75) is 6.92 Å². The number of amides is 1. The van der Waals surface area contributed by atoms with Crippen LogP contribution >= 0.6 is 27.7 Å². The van der Waals surface area contributed by atoms with Gasteiger partial charge in [0.05, 0.1) is 28.5 Å². The molecule has 3 rings (SSSR count). The van der Waals surface area contributed by atoms with E-state index in [1.165, 1.54) is 22.7 Å². The van der Waals surface area contributed by atoms with Crippen molar-refractivity contribution in [2.24, 2.45) is 10.1 Å². The van der Waals surface area contributed by atoms with Gasteiger partial charge in [0.1, 0.15) is 0 Å². The van der Waals surface area contributed by atoms with Crippen molar-refractivity contribution in [3.63, 3.8) is 0 Å². The highest BCUT2D eigenvalue weighted by Gasteiger charge is 2.32. The van der Waals surface area contributed by atoms with Gasteiger partial charge in [0, 0.05) is 0 Å². The van der Waals surface area contributed by atoms with Gasteiger partial charge in [-0.3, -0.25) is 10.2 Å². The molecule has 0 unspecified atom stereocenters. The van der Waals surface area contributed by atoms with Crippen molar-refractivity contribution in [1.82, 2.24) is 5.01 Å². The smallest absolute Gasteiger partial charge is 0.306 e. The fraction of sp³-hybridized carbons (Fsp3) is 0.200. The number of halogens is 1. The SMILES string of the molecule is CCOc1cc(/C=C2/C(=N)N3N=CSC3=NC2=O)cc(Br)c1OS(C)(=O)=O. The molecule has 0 saturated carbocycles. The number of nitrogens with zero attached hydrogens (tertiary/aromatic N) is 3. The maximum Gasteiger partial charge on any atom is 0.306 e. The first-order chi connectivity index (χ1) is 12.7. The quantitative estimate of drug-likeness (QED) is 0.515. The van der Waals surface area contributed by atoms with Crippen LogP contribution in [0.5, 0.6) is 11.5 Å². The van der Waals surface area contributed by atoms with Crippen LogP contribution < -0.4 is 8.92 Å². The van der Waals surface area contributed by atoms with Crippen LogP contribution in [0.15, 0.2) is 32.3 Å². The Morgan fingerprint density at radius 3 is 2.81 bits per heavy atom. The summed E-state index contributed by atoms with van der Waals surface area (Å²) in [4.78, 5) is 16.2. The number of carbonyl (C=O) groups excluding carboxylic acids is 1. The Bertz CT molecular complexity index is 1030. The molecule has 0 radical (unpaired) electrons. The second-order valence-corrected chi connectivity index (χ2v) is 8.55. The number of amidine groups is 2. The Hall–Kier alpha value is -2.18. The number of rotatable bonds is 5. The van der Waals surface area contributed by atoms with E-state index in [-0.39, 0.29) is 29.5 Å². The lowest BCUT2D eigenvalue weighted by molar-refractivity contribution is -0.114. The van der Waals surface area contributed by atoms with Crippen molar-refractivity contribution < 1.29 is 22.1 Å². The molecule has 0 fully saturated rings. The summed E-state index contributed by atoms with van der Waals surface area (Å²) in [6.07, 6.45) is 2.39. The topological polar surface area (TPSA) is 121 Å². The summed E-state index contributed by atoms with van der Waals surface area (Å²) in [5, 5.41) is 13.8. The van der Waals surface area contributed by atoms with Crippen LogP contribution in [0.4, 0.5) is 0 Å². The van der Waals surface area contributed by atoms with Gasteiger partial charge in [0.2, 0.25) is 0 Å². The number of fused-ring (bicyclic) bond motifs is 1. The highest BCUT2D eigenvalue weighted by atomic mass is 79.9. The zero-order chi connectivity index (χ0) is 19.8. The second kappa shape index (κ2) is 7.44. The lowest BCUT2D eigenvalue weighted by Gasteiger charge is -2.20. The number of hydrazone groups is 1. The summed E-state index contributed by atoms with van der Waals surface area (Å²) in [5.41, 5.74) is 2.03. The lowest BCUT2D eigenvalue weighted by Crippen LogP contribution is -2.35. The molecule has 0 bridgehead atoms. The van der Waals surface area contributed by atoms with E-state index in [9.17, 15) is 13.2 Å². The number of hydrogen-bond donors (Lipinski definition) is 1. The zero-order valence-electron chi connectivity index (χ0n) is 14.1. The van der Waals surface area contributed by atoms with E-state index < -0.39 is 16.0 Å². The van der Waals surface area contributed by atoms with E-state index in [1.807, 2.05) is 0 Å². The maximum absolute atomic E-state index is 12.3. The summed E-state index contributed by atoms with van der Waals surface area (Å²) < 4.78 is 33.7. The van der Waals surface area contributed by atoms with E-state index in [0.29, 0.717) is 15.2 Å². The largest absolute Gasteiger partial charge is 0.490 e. The number of aliphatic imine (C=N–C) groups is 1. The van der Waals surface area contributed by atoms with Gasteiger partial charge in [-0.15, -0.1) is 0 Å². The number of benzene rings is 1. The molecule has 0 aliphatic carbocycles. The number of ether oxygens (including phenoxy) is 1. The summed E-state index contributed by atoms with van der Waals surface area (Å²) in [7, 11) is -3.76. The molecule has 1 aromatic rings. The average molecular weight is 473 g/mol. The molecule has 9 nitrogen and oxygen atoms in total. The third kappa shape index (κ3) is 4.22. The van der Waals surface area contributed by atoms with Crippen molar-refractivity contribution in [1.29, 1.82) is 5.41 Å². The van der Waals surface area contributed by atoms with E-state index in [0.717, 1.165) is 18.0 Å². The van der Waals surface area contributed by atoms with Crippen LogP contribution in [0.2, 0.25) is 0 Å². The van der Waals surface area contributed by atoms with Crippen LogP contribution in [-0.2, 0) is 14.9 Å². The summed E-state index contributed by atoms with van der Waals surface area (Å²) in [6, 6.07) is 3.07. The normalized spacial score (nSPS) is 18.0. The molecule has 0 atom stereocenters. The first kappa shape index (κ1) is 19.6. The molecule has 0 saturated heterocycles. The van der Waals surface area contributed by atoms with Crippen LogP contribution in [0.25, 0.3) is 6.08 Å². The molecular weight excluding hydrogens is 460 g/mol. The van der Waals surface area contributed by atoms with Gasteiger partial charge in [-0.25, -0.2) is 0 Å². The predicted molar refractivity (Wildman–Crippen MR) is 107 cm³/mol. The average Bonchev–Trinajstić information content (AvgIpc) is 3.02. The highest BCUT2D eigenvalue weighted by molar-refractivity contribution is 9.10. The fourth-order valence-electron chi connectivity index (χ4n) is 2.27. The molecule has 1 aromatic carbocycles. The van der Waals surface area contributed by atoms with Crippen molar-refractivity contribution in [2.75, 3.05) is 12.9 Å². The molecule has 2 heterocycles. The van der Waals surface area contributed by atoms with Gasteiger partial charge < -0.3 is 8.92 Å². The second-order valence-electron chi connectivity index (χ2n) is 5.31. The summed E-state index contributed by atoms with van der Waals surface area (Å²) >= 11 is 4.41. The highest BCUT2D eigenvalue weighted by Crippen LogP contribution is 2.38. The molecule has 12 heteroatoms. The van der Waals surface area contributed by atoms with E-state index in [2.05, 4.69) is 26.0 Å². The molecule has 2 aliphatic rings. The molecule has 0 aromatic heterocycles. The van der Waals surface area contributed by atoms with Crippen LogP contribution in [0.3, 0.4) is 0 Å². The Morgan fingerprint density at radius 1 is 1.41 bits per heavy atom. The number of nitrogens with one attached hydrogen (secondary N) is 1. The summed E-state index contributed by atoms with van der Waals surface area (Å²) in [5.74, 6) is -0.475. The van der Waals surface area contributed by atoms with Crippen molar-refractivity contribution in [3.05, 3.63) is 27.7 Å². The first-order valence-electron chi connectivity index (χ1n) is 7.48. The van der Waals surface area contributed by atoms with E-state index in [1.54, 1.807) is 13.0 Å². The minimum absolute atomic E-state index is 0.00685. The Balaban J connectivity index is 2.05. The minimum Gasteiger partial charge on any atom is -0.490 e. The van der Waals surface area contributed by atoms with Gasteiger partial charge in [-0.2, -0.15) is 23.5 Å².